The highest BCUT2D eigenvalue weighted by Crippen LogP contribution is 2.29. The van der Waals surface area contributed by atoms with Crippen LogP contribution in [0.3, 0.4) is 0 Å². The SMILES string of the molecule is CC1CCN(C(CNC(=O)C2CCN(C(=O)c3cccc4ccccc34)CC2)c2cccs2)CC1. The molecule has 2 aliphatic heterocycles. The van der Waals surface area contributed by atoms with Gasteiger partial charge in [-0.3, -0.25) is 14.5 Å². The third kappa shape index (κ3) is 5.44. The third-order valence-electron chi connectivity index (χ3n) is 7.77. The number of nitrogens with one attached hydrogen (secondary N) is 1. The Bertz CT molecular complexity index is 1140. The van der Waals surface area contributed by atoms with E-state index in [9.17, 15) is 9.59 Å². The molecule has 6 heteroatoms. The lowest BCUT2D eigenvalue weighted by Crippen LogP contribution is -2.46. The quantitative estimate of drug-likeness (QED) is 0.508. The highest BCUT2D eigenvalue weighted by Gasteiger charge is 2.30. The smallest absolute Gasteiger partial charge is 0.254 e. The maximum Gasteiger partial charge on any atom is 0.254 e. The Balaban J connectivity index is 1.17. The Labute approximate surface area is 212 Å². The number of fused-ring (bicyclic) bond motifs is 1. The zero-order chi connectivity index (χ0) is 24.2. The van der Waals surface area contributed by atoms with Crippen molar-refractivity contribution in [3.63, 3.8) is 0 Å². The second kappa shape index (κ2) is 10.9. The fourth-order valence-corrected chi connectivity index (χ4v) is 6.36. The van der Waals surface area contributed by atoms with Crippen LogP contribution in [-0.2, 0) is 4.79 Å². The summed E-state index contributed by atoms with van der Waals surface area (Å²) >= 11 is 1.78. The number of likely N-dealkylation sites (tertiary alicyclic amines) is 2. The summed E-state index contributed by atoms with van der Waals surface area (Å²) in [5, 5.41) is 7.47. The maximum atomic E-state index is 13.3. The van der Waals surface area contributed by atoms with Crippen LogP contribution < -0.4 is 5.32 Å². The molecule has 2 aliphatic rings. The summed E-state index contributed by atoms with van der Waals surface area (Å²) in [4.78, 5) is 32.1. The highest BCUT2D eigenvalue weighted by molar-refractivity contribution is 7.10. The molecule has 1 N–H and O–H groups in total. The van der Waals surface area contributed by atoms with E-state index in [-0.39, 0.29) is 23.8 Å². The average Bonchev–Trinajstić information content (AvgIpc) is 3.44. The van der Waals surface area contributed by atoms with Gasteiger partial charge in [-0.15, -0.1) is 11.3 Å². The summed E-state index contributed by atoms with van der Waals surface area (Å²) < 4.78 is 0. The van der Waals surface area contributed by atoms with E-state index >= 15 is 0 Å². The van der Waals surface area contributed by atoms with Crippen LogP contribution in [0.15, 0.2) is 60.0 Å². The van der Waals surface area contributed by atoms with Gasteiger partial charge in [0.15, 0.2) is 0 Å². The van der Waals surface area contributed by atoms with Crippen LogP contribution in [0, 0.1) is 11.8 Å². The molecule has 5 rings (SSSR count). The summed E-state index contributed by atoms with van der Waals surface area (Å²) in [5.41, 5.74) is 0.751. The third-order valence-corrected chi connectivity index (χ3v) is 8.75. The lowest BCUT2D eigenvalue weighted by Gasteiger charge is -2.37. The van der Waals surface area contributed by atoms with Gasteiger partial charge in [0, 0.05) is 36.0 Å². The van der Waals surface area contributed by atoms with Gasteiger partial charge in [0.1, 0.15) is 0 Å². The summed E-state index contributed by atoms with van der Waals surface area (Å²) in [6.07, 6.45) is 3.87. The largest absolute Gasteiger partial charge is 0.354 e. The lowest BCUT2D eigenvalue weighted by atomic mass is 9.94. The van der Waals surface area contributed by atoms with Crippen LogP contribution in [0.1, 0.15) is 53.9 Å². The summed E-state index contributed by atoms with van der Waals surface area (Å²) in [5.74, 6) is 0.954. The normalized spacial score (nSPS) is 19.1. The van der Waals surface area contributed by atoms with Crippen molar-refractivity contribution in [1.82, 2.24) is 15.1 Å². The van der Waals surface area contributed by atoms with Gasteiger partial charge in [-0.1, -0.05) is 49.4 Å². The Morgan fingerprint density at radius 2 is 1.69 bits per heavy atom. The van der Waals surface area contributed by atoms with Gasteiger partial charge in [0.25, 0.3) is 5.91 Å². The van der Waals surface area contributed by atoms with Crippen molar-refractivity contribution in [3.8, 4) is 0 Å². The number of piperidine rings is 2. The number of carbonyl (C=O) groups is 2. The Kier molecular flexibility index (Phi) is 7.49. The predicted molar refractivity (Wildman–Crippen MR) is 143 cm³/mol. The van der Waals surface area contributed by atoms with E-state index in [2.05, 4.69) is 34.7 Å². The topological polar surface area (TPSA) is 52.7 Å². The van der Waals surface area contributed by atoms with Gasteiger partial charge >= 0.3 is 0 Å². The molecule has 0 bridgehead atoms. The molecule has 2 fully saturated rings. The Morgan fingerprint density at radius 3 is 2.43 bits per heavy atom. The van der Waals surface area contributed by atoms with Crippen molar-refractivity contribution >= 4 is 33.9 Å². The molecule has 1 atom stereocenters. The lowest BCUT2D eigenvalue weighted by molar-refractivity contribution is -0.126. The maximum absolute atomic E-state index is 13.3. The van der Waals surface area contributed by atoms with E-state index in [1.165, 1.54) is 17.7 Å². The minimum absolute atomic E-state index is 0.0306. The number of carbonyl (C=O) groups excluding carboxylic acids is 2. The highest BCUT2D eigenvalue weighted by atomic mass is 32.1. The van der Waals surface area contributed by atoms with Gasteiger partial charge in [0.2, 0.25) is 5.91 Å². The predicted octanol–water partition coefficient (Wildman–Crippen LogP) is 5.34. The summed E-state index contributed by atoms with van der Waals surface area (Å²) in [6.45, 7) is 6.42. The van der Waals surface area contributed by atoms with Crippen LogP contribution in [0.5, 0.6) is 0 Å². The molecule has 2 amide bonds. The zero-order valence-electron chi connectivity index (χ0n) is 20.5. The summed E-state index contributed by atoms with van der Waals surface area (Å²) in [6, 6.07) is 18.5. The number of nitrogens with zero attached hydrogens (tertiary/aromatic N) is 2. The summed E-state index contributed by atoms with van der Waals surface area (Å²) in [7, 11) is 0. The number of rotatable bonds is 6. The molecule has 3 heterocycles. The monoisotopic (exact) mass is 489 g/mol. The van der Waals surface area contributed by atoms with Crippen LogP contribution in [-0.4, -0.2) is 54.3 Å². The van der Waals surface area contributed by atoms with E-state index in [1.807, 2.05) is 47.4 Å². The van der Waals surface area contributed by atoms with Gasteiger partial charge in [-0.2, -0.15) is 0 Å². The van der Waals surface area contributed by atoms with E-state index < -0.39 is 0 Å². The fourth-order valence-electron chi connectivity index (χ4n) is 5.50. The molecule has 1 aromatic heterocycles. The molecular weight excluding hydrogens is 454 g/mol. The number of hydrogen-bond donors (Lipinski definition) is 1. The molecule has 0 spiro atoms. The van der Waals surface area contributed by atoms with Crippen molar-refractivity contribution in [1.29, 1.82) is 0 Å². The van der Waals surface area contributed by atoms with Crippen LogP contribution in [0.2, 0.25) is 0 Å². The van der Waals surface area contributed by atoms with Gasteiger partial charge in [-0.25, -0.2) is 0 Å². The molecule has 0 saturated carbocycles. The van der Waals surface area contributed by atoms with Crippen molar-refractivity contribution in [3.05, 3.63) is 70.4 Å². The standard InChI is InChI=1S/C29H35N3O2S/c1-21-11-15-31(16-12-21)26(27-10-5-19-35-27)20-30-28(33)23-13-17-32(18-14-23)29(34)25-9-4-7-22-6-2-3-8-24(22)25/h2-10,19,21,23,26H,11-18,20H2,1H3,(H,30,33). The van der Waals surface area contributed by atoms with Crippen LogP contribution >= 0.6 is 11.3 Å². The van der Waals surface area contributed by atoms with E-state index in [0.29, 0.717) is 32.5 Å². The number of hydrogen-bond acceptors (Lipinski definition) is 4. The van der Waals surface area contributed by atoms with Crippen LogP contribution in [0.4, 0.5) is 0 Å². The van der Waals surface area contributed by atoms with E-state index in [0.717, 1.165) is 35.3 Å². The van der Waals surface area contributed by atoms with Crippen LogP contribution in [0.25, 0.3) is 10.8 Å². The first kappa shape index (κ1) is 24.0. The minimum Gasteiger partial charge on any atom is -0.354 e. The molecule has 35 heavy (non-hydrogen) atoms. The first-order valence-electron chi connectivity index (χ1n) is 12.9. The van der Waals surface area contributed by atoms with Crippen molar-refractivity contribution in [2.75, 3.05) is 32.7 Å². The van der Waals surface area contributed by atoms with Gasteiger partial charge in [0.05, 0.1) is 6.04 Å². The molecule has 3 aromatic rings. The number of amides is 2. The van der Waals surface area contributed by atoms with E-state index in [4.69, 9.17) is 0 Å². The molecule has 2 saturated heterocycles. The van der Waals surface area contributed by atoms with Gasteiger partial charge < -0.3 is 10.2 Å². The number of benzene rings is 2. The molecule has 2 aromatic carbocycles. The minimum atomic E-state index is -0.0306. The second-order valence-corrected chi connectivity index (χ2v) is 11.1. The molecule has 184 valence electrons. The molecule has 0 aliphatic carbocycles. The van der Waals surface area contributed by atoms with Crippen molar-refractivity contribution in [2.24, 2.45) is 11.8 Å². The Hall–Kier alpha value is -2.70. The Morgan fingerprint density at radius 1 is 0.943 bits per heavy atom. The van der Waals surface area contributed by atoms with Crippen molar-refractivity contribution in [2.45, 2.75) is 38.6 Å². The molecule has 5 nitrogen and oxygen atoms in total. The van der Waals surface area contributed by atoms with Gasteiger partial charge in [-0.05, 0) is 73.0 Å². The first-order valence-corrected chi connectivity index (χ1v) is 13.8. The zero-order valence-corrected chi connectivity index (χ0v) is 21.3. The van der Waals surface area contributed by atoms with E-state index in [1.54, 1.807) is 11.3 Å². The fraction of sp³-hybridized carbons (Fsp3) is 0.448. The molecule has 0 radical (unpaired) electrons. The van der Waals surface area contributed by atoms with Crippen molar-refractivity contribution < 1.29 is 9.59 Å². The molecular formula is C29H35N3O2S. The second-order valence-electron chi connectivity index (χ2n) is 10.1. The first-order chi connectivity index (χ1) is 17.1. The number of thiophene rings is 1. The molecule has 1 unspecified atom stereocenters. The average molecular weight is 490 g/mol.